The molecular weight excluding hydrogens is 280 g/mol. The van der Waals surface area contributed by atoms with Crippen LogP contribution in [0, 0.1) is 0 Å². The van der Waals surface area contributed by atoms with Gasteiger partial charge in [-0.3, -0.25) is 0 Å². The number of anilines is 1. The summed E-state index contributed by atoms with van der Waals surface area (Å²) in [6.45, 7) is 0. The smallest absolute Gasteiger partial charge is 0.207 e. The molecule has 0 fully saturated rings. The topological polar surface area (TPSA) is 48.1 Å². The van der Waals surface area contributed by atoms with Crippen molar-refractivity contribution in [2.45, 2.75) is 0 Å². The van der Waals surface area contributed by atoms with Crippen LogP contribution in [0.4, 0.5) is 5.69 Å². The van der Waals surface area contributed by atoms with Crippen molar-refractivity contribution in [2.75, 3.05) is 5.73 Å². The van der Waals surface area contributed by atoms with E-state index in [4.69, 9.17) is 10.5 Å². The standard InChI is InChI=1S/C17H12N2OS/c18-14-9-10-16(12-6-2-1-5-11(12)14)20-17-13-7-3-4-8-15(13)19-21-17/h1-10H,18H2. The molecule has 0 bridgehead atoms. The van der Waals surface area contributed by atoms with Crippen LogP contribution in [0.2, 0.25) is 0 Å². The van der Waals surface area contributed by atoms with Crippen molar-refractivity contribution in [1.29, 1.82) is 0 Å². The van der Waals surface area contributed by atoms with Gasteiger partial charge in [-0.2, -0.15) is 4.37 Å². The van der Waals surface area contributed by atoms with Gasteiger partial charge in [-0.05, 0) is 24.3 Å². The highest BCUT2D eigenvalue weighted by molar-refractivity contribution is 7.09. The molecule has 4 heteroatoms. The number of nitrogens with two attached hydrogens (primary N) is 1. The zero-order valence-corrected chi connectivity index (χ0v) is 11.9. The summed E-state index contributed by atoms with van der Waals surface area (Å²) in [5, 5.41) is 3.85. The summed E-state index contributed by atoms with van der Waals surface area (Å²) in [5.74, 6) is 0.800. The number of nitrogens with zero attached hydrogens (tertiary/aromatic N) is 1. The van der Waals surface area contributed by atoms with E-state index in [0.29, 0.717) is 0 Å². The molecule has 0 spiro atoms. The highest BCUT2D eigenvalue weighted by atomic mass is 32.1. The van der Waals surface area contributed by atoms with E-state index >= 15 is 0 Å². The molecule has 21 heavy (non-hydrogen) atoms. The maximum Gasteiger partial charge on any atom is 0.207 e. The Labute approximate surface area is 125 Å². The molecule has 3 aromatic carbocycles. The van der Waals surface area contributed by atoms with Gasteiger partial charge in [0.2, 0.25) is 5.06 Å². The average Bonchev–Trinajstić information content (AvgIpc) is 2.94. The minimum Gasteiger partial charge on any atom is -0.444 e. The maximum absolute atomic E-state index is 6.10. The Kier molecular flexibility index (Phi) is 2.75. The molecule has 1 heterocycles. The predicted octanol–water partition coefficient (Wildman–Crippen LogP) is 4.82. The second-order valence-corrected chi connectivity index (χ2v) is 5.52. The van der Waals surface area contributed by atoms with Gasteiger partial charge in [0.15, 0.2) is 0 Å². The summed E-state index contributed by atoms with van der Waals surface area (Å²) in [7, 11) is 0. The van der Waals surface area contributed by atoms with Crippen LogP contribution in [-0.4, -0.2) is 4.37 Å². The Morgan fingerprint density at radius 2 is 1.52 bits per heavy atom. The molecule has 0 aliphatic heterocycles. The molecule has 0 unspecified atom stereocenters. The van der Waals surface area contributed by atoms with Gasteiger partial charge in [-0.15, -0.1) is 0 Å². The first-order chi connectivity index (χ1) is 10.3. The lowest BCUT2D eigenvalue weighted by Gasteiger charge is -2.09. The molecule has 4 aromatic rings. The van der Waals surface area contributed by atoms with Crippen LogP contribution < -0.4 is 10.5 Å². The van der Waals surface area contributed by atoms with Gasteiger partial charge in [0.05, 0.1) is 10.9 Å². The second-order valence-electron chi connectivity index (χ2n) is 4.79. The summed E-state index contributed by atoms with van der Waals surface area (Å²) in [5.41, 5.74) is 7.74. The lowest BCUT2D eigenvalue weighted by Crippen LogP contribution is -1.89. The fraction of sp³-hybridized carbons (Fsp3) is 0. The van der Waals surface area contributed by atoms with Gasteiger partial charge < -0.3 is 10.5 Å². The van der Waals surface area contributed by atoms with Crippen molar-refractivity contribution >= 4 is 38.9 Å². The first-order valence-electron chi connectivity index (χ1n) is 6.62. The van der Waals surface area contributed by atoms with Gasteiger partial charge in [0.25, 0.3) is 0 Å². The number of ether oxygens (including phenoxy) is 1. The molecule has 102 valence electrons. The quantitative estimate of drug-likeness (QED) is 0.539. The third-order valence-electron chi connectivity index (χ3n) is 3.47. The fourth-order valence-corrected chi connectivity index (χ4v) is 3.16. The van der Waals surface area contributed by atoms with Gasteiger partial charge in [-0.1, -0.05) is 36.4 Å². The molecule has 2 N–H and O–H groups in total. The first-order valence-corrected chi connectivity index (χ1v) is 7.40. The fourth-order valence-electron chi connectivity index (χ4n) is 2.42. The van der Waals surface area contributed by atoms with Crippen molar-refractivity contribution in [1.82, 2.24) is 4.37 Å². The number of benzene rings is 3. The number of nitrogen functional groups attached to an aromatic ring is 1. The van der Waals surface area contributed by atoms with Crippen LogP contribution in [0.3, 0.4) is 0 Å². The summed E-state index contributed by atoms with van der Waals surface area (Å²) < 4.78 is 10.5. The van der Waals surface area contributed by atoms with Gasteiger partial charge >= 0.3 is 0 Å². The minimum absolute atomic E-state index is 0.757. The van der Waals surface area contributed by atoms with Gasteiger partial charge in [-0.25, -0.2) is 0 Å². The Morgan fingerprint density at radius 3 is 2.38 bits per heavy atom. The predicted molar refractivity (Wildman–Crippen MR) is 88.1 cm³/mol. The van der Waals surface area contributed by atoms with E-state index < -0.39 is 0 Å². The van der Waals surface area contributed by atoms with Crippen molar-refractivity contribution < 1.29 is 4.74 Å². The summed E-state index contributed by atoms with van der Waals surface area (Å²) in [4.78, 5) is 0. The van der Waals surface area contributed by atoms with Crippen LogP contribution >= 0.6 is 11.5 Å². The maximum atomic E-state index is 6.10. The average molecular weight is 292 g/mol. The van der Waals surface area contributed by atoms with E-state index in [0.717, 1.165) is 38.2 Å². The molecule has 0 amide bonds. The van der Waals surface area contributed by atoms with Crippen molar-refractivity contribution in [3.05, 3.63) is 60.7 Å². The van der Waals surface area contributed by atoms with Crippen molar-refractivity contribution in [2.24, 2.45) is 0 Å². The largest absolute Gasteiger partial charge is 0.444 e. The van der Waals surface area contributed by atoms with Crippen LogP contribution in [0.5, 0.6) is 10.8 Å². The highest BCUT2D eigenvalue weighted by Gasteiger charge is 2.10. The van der Waals surface area contributed by atoms with Crippen LogP contribution in [-0.2, 0) is 0 Å². The number of fused-ring (bicyclic) bond motifs is 2. The van der Waals surface area contributed by atoms with E-state index in [2.05, 4.69) is 4.37 Å². The molecule has 0 aliphatic carbocycles. The molecular formula is C17H12N2OS. The van der Waals surface area contributed by atoms with Crippen LogP contribution in [0.25, 0.3) is 21.7 Å². The lowest BCUT2D eigenvalue weighted by molar-refractivity contribution is 0.507. The number of hydrogen-bond donors (Lipinski definition) is 1. The Hall–Kier alpha value is -2.59. The van der Waals surface area contributed by atoms with Gasteiger partial charge in [0.1, 0.15) is 5.75 Å². The molecule has 1 aromatic heterocycles. The van der Waals surface area contributed by atoms with E-state index in [-0.39, 0.29) is 0 Å². The summed E-state index contributed by atoms with van der Waals surface area (Å²) in [6.07, 6.45) is 0. The molecule has 0 atom stereocenters. The van der Waals surface area contributed by atoms with E-state index in [1.807, 2.05) is 60.7 Å². The van der Waals surface area contributed by atoms with Crippen LogP contribution in [0.1, 0.15) is 0 Å². The number of hydrogen-bond acceptors (Lipinski definition) is 4. The minimum atomic E-state index is 0.757. The van der Waals surface area contributed by atoms with E-state index in [1.54, 1.807) is 0 Å². The third kappa shape index (κ3) is 2.00. The zero-order chi connectivity index (χ0) is 14.2. The first kappa shape index (κ1) is 12.2. The Morgan fingerprint density at radius 1 is 0.810 bits per heavy atom. The molecule has 0 saturated carbocycles. The SMILES string of the molecule is Nc1ccc(Oc2snc3ccccc23)c2ccccc12. The normalized spacial score (nSPS) is 11.0. The monoisotopic (exact) mass is 292 g/mol. The summed E-state index contributed by atoms with van der Waals surface area (Å²) >= 11 is 1.37. The van der Waals surface area contributed by atoms with E-state index in [1.165, 1.54) is 11.5 Å². The van der Waals surface area contributed by atoms with E-state index in [9.17, 15) is 0 Å². The Bertz CT molecular complexity index is 946. The van der Waals surface area contributed by atoms with Crippen LogP contribution in [0.15, 0.2) is 60.7 Å². The lowest BCUT2D eigenvalue weighted by atomic mass is 10.1. The zero-order valence-electron chi connectivity index (χ0n) is 11.1. The third-order valence-corrected chi connectivity index (χ3v) is 4.23. The van der Waals surface area contributed by atoms with Gasteiger partial charge in [0, 0.05) is 28.0 Å². The number of aromatic nitrogens is 1. The molecule has 3 nitrogen and oxygen atoms in total. The number of rotatable bonds is 2. The highest BCUT2D eigenvalue weighted by Crippen LogP contribution is 2.38. The Balaban J connectivity index is 1.86. The molecule has 0 aliphatic rings. The molecule has 0 radical (unpaired) electrons. The van der Waals surface area contributed by atoms with Crippen molar-refractivity contribution in [3.8, 4) is 10.8 Å². The second kappa shape index (κ2) is 4.75. The summed E-state index contributed by atoms with van der Waals surface area (Å²) in [6, 6.07) is 19.7. The van der Waals surface area contributed by atoms with Crippen molar-refractivity contribution in [3.63, 3.8) is 0 Å². The molecule has 0 saturated heterocycles. The molecule has 4 rings (SSSR count).